The SMILES string of the molecule is COc1ccccc1-c1noc(C2CCN(C(=O)Cn3cnc4c(N)ncnc43)CC2)n1. The van der Waals surface area contributed by atoms with Crippen LogP contribution < -0.4 is 10.5 Å². The van der Waals surface area contributed by atoms with Gasteiger partial charge >= 0.3 is 0 Å². The molecule has 1 aromatic carbocycles. The van der Waals surface area contributed by atoms with Gasteiger partial charge in [-0.3, -0.25) is 4.79 Å². The van der Waals surface area contributed by atoms with Crippen LogP contribution in [0.4, 0.5) is 5.82 Å². The number of benzene rings is 1. The van der Waals surface area contributed by atoms with E-state index in [2.05, 4.69) is 25.1 Å². The Morgan fingerprint density at radius 2 is 2.03 bits per heavy atom. The number of hydrogen-bond acceptors (Lipinski definition) is 9. The van der Waals surface area contributed by atoms with Crippen molar-refractivity contribution in [3.05, 3.63) is 42.8 Å². The summed E-state index contributed by atoms with van der Waals surface area (Å²) in [7, 11) is 1.61. The van der Waals surface area contributed by atoms with E-state index in [0.717, 1.165) is 18.4 Å². The Bertz CT molecular complexity index is 1260. The molecule has 2 N–H and O–H groups in total. The molecule has 1 amide bonds. The first-order chi connectivity index (χ1) is 15.6. The number of hydrogen-bond donors (Lipinski definition) is 1. The number of ether oxygens (including phenoxy) is 1. The number of nitrogens with two attached hydrogens (primary N) is 1. The van der Waals surface area contributed by atoms with Crippen LogP contribution in [0.15, 0.2) is 41.4 Å². The van der Waals surface area contributed by atoms with E-state index in [9.17, 15) is 4.79 Å². The molecule has 5 rings (SSSR count). The lowest BCUT2D eigenvalue weighted by Gasteiger charge is -2.30. The van der Waals surface area contributed by atoms with Crippen molar-refractivity contribution in [3.8, 4) is 17.1 Å². The van der Waals surface area contributed by atoms with E-state index in [1.165, 1.54) is 6.33 Å². The van der Waals surface area contributed by atoms with Gasteiger partial charge in [0.1, 0.15) is 24.1 Å². The topological polar surface area (TPSA) is 138 Å². The van der Waals surface area contributed by atoms with E-state index in [4.69, 9.17) is 15.0 Å². The third kappa shape index (κ3) is 3.61. The molecule has 3 aromatic heterocycles. The molecular formula is C21H22N8O3. The lowest BCUT2D eigenvalue weighted by Crippen LogP contribution is -2.39. The fourth-order valence-corrected chi connectivity index (χ4v) is 3.98. The second kappa shape index (κ2) is 8.25. The Balaban J connectivity index is 1.23. The van der Waals surface area contributed by atoms with Crippen LogP contribution in [0.2, 0.25) is 0 Å². The molecule has 11 nitrogen and oxygen atoms in total. The maximum atomic E-state index is 12.8. The van der Waals surface area contributed by atoms with Crippen LogP contribution in [0.5, 0.6) is 5.75 Å². The minimum absolute atomic E-state index is 0.000161. The van der Waals surface area contributed by atoms with Crippen LogP contribution in [0.3, 0.4) is 0 Å². The number of rotatable bonds is 5. The first kappa shape index (κ1) is 19.9. The number of piperidine rings is 1. The maximum Gasteiger partial charge on any atom is 0.242 e. The summed E-state index contributed by atoms with van der Waals surface area (Å²) < 4.78 is 12.6. The van der Waals surface area contributed by atoms with Crippen molar-refractivity contribution in [3.63, 3.8) is 0 Å². The highest BCUT2D eigenvalue weighted by molar-refractivity contribution is 5.83. The predicted octanol–water partition coefficient (Wildman–Crippen LogP) is 1.87. The van der Waals surface area contributed by atoms with Crippen molar-refractivity contribution in [2.45, 2.75) is 25.3 Å². The van der Waals surface area contributed by atoms with E-state index >= 15 is 0 Å². The summed E-state index contributed by atoms with van der Waals surface area (Å²) in [6.45, 7) is 1.37. The summed E-state index contributed by atoms with van der Waals surface area (Å²) in [6.07, 6.45) is 4.44. The highest BCUT2D eigenvalue weighted by atomic mass is 16.5. The number of carbonyl (C=O) groups excluding carboxylic acids is 1. The highest BCUT2D eigenvalue weighted by Gasteiger charge is 2.28. The number of imidazole rings is 1. The van der Waals surface area contributed by atoms with Crippen molar-refractivity contribution >= 4 is 22.9 Å². The van der Waals surface area contributed by atoms with Gasteiger partial charge < -0.3 is 24.5 Å². The number of aromatic nitrogens is 6. The average Bonchev–Trinajstić information content (AvgIpc) is 3.48. The zero-order valence-electron chi connectivity index (χ0n) is 17.5. The molecule has 1 saturated heterocycles. The predicted molar refractivity (Wildman–Crippen MR) is 115 cm³/mol. The number of nitrogen functional groups attached to an aromatic ring is 1. The average molecular weight is 434 g/mol. The van der Waals surface area contributed by atoms with Crippen molar-refractivity contribution in [1.29, 1.82) is 0 Å². The lowest BCUT2D eigenvalue weighted by atomic mass is 9.96. The Morgan fingerprint density at radius 3 is 2.84 bits per heavy atom. The van der Waals surface area contributed by atoms with Gasteiger partial charge in [-0.2, -0.15) is 4.98 Å². The first-order valence-electron chi connectivity index (χ1n) is 10.3. The van der Waals surface area contributed by atoms with Gasteiger partial charge in [0.15, 0.2) is 11.5 Å². The lowest BCUT2D eigenvalue weighted by molar-refractivity contribution is -0.132. The van der Waals surface area contributed by atoms with E-state index in [-0.39, 0.29) is 18.4 Å². The van der Waals surface area contributed by atoms with Crippen LogP contribution in [0.1, 0.15) is 24.7 Å². The molecule has 164 valence electrons. The third-order valence-corrected chi connectivity index (χ3v) is 5.72. The number of para-hydroxylation sites is 1. The van der Waals surface area contributed by atoms with Gasteiger partial charge in [0, 0.05) is 19.0 Å². The smallest absolute Gasteiger partial charge is 0.242 e. The molecule has 4 heterocycles. The van der Waals surface area contributed by atoms with Gasteiger partial charge in [0.05, 0.1) is 19.0 Å². The van der Waals surface area contributed by atoms with E-state index in [1.54, 1.807) is 18.0 Å². The summed E-state index contributed by atoms with van der Waals surface area (Å²) in [5.41, 5.74) is 7.66. The second-order valence-corrected chi connectivity index (χ2v) is 7.62. The summed E-state index contributed by atoms with van der Waals surface area (Å²) in [5.74, 6) is 2.19. The molecule has 1 aliphatic heterocycles. The summed E-state index contributed by atoms with van der Waals surface area (Å²) in [5, 5.41) is 4.13. The van der Waals surface area contributed by atoms with Crippen LogP contribution in [-0.2, 0) is 11.3 Å². The molecule has 11 heteroatoms. The van der Waals surface area contributed by atoms with Gasteiger partial charge in [-0.05, 0) is 25.0 Å². The largest absolute Gasteiger partial charge is 0.496 e. The van der Waals surface area contributed by atoms with Gasteiger partial charge in [0.25, 0.3) is 0 Å². The highest BCUT2D eigenvalue weighted by Crippen LogP contribution is 2.31. The summed E-state index contributed by atoms with van der Waals surface area (Å²) in [4.78, 5) is 31.6. The normalized spacial score (nSPS) is 14.7. The van der Waals surface area contributed by atoms with E-state index in [0.29, 0.717) is 47.5 Å². The summed E-state index contributed by atoms with van der Waals surface area (Å²) >= 11 is 0. The van der Waals surface area contributed by atoms with Gasteiger partial charge in [-0.1, -0.05) is 17.3 Å². The fourth-order valence-electron chi connectivity index (χ4n) is 3.98. The minimum Gasteiger partial charge on any atom is -0.496 e. The van der Waals surface area contributed by atoms with Crippen molar-refractivity contribution in [1.82, 2.24) is 34.6 Å². The molecule has 0 radical (unpaired) electrons. The van der Waals surface area contributed by atoms with Gasteiger partial charge in [-0.15, -0.1) is 0 Å². The summed E-state index contributed by atoms with van der Waals surface area (Å²) in [6, 6.07) is 7.55. The Hall–Kier alpha value is -4.02. The molecule has 0 saturated carbocycles. The fraction of sp³-hybridized carbons (Fsp3) is 0.333. The Labute approximate surface area is 183 Å². The molecule has 4 aromatic rings. The van der Waals surface area contributed by atoms with Crippen molar-refractivity contribution in [2.24, 2.45) is 0 Å². The van der Waals surface area contributed by atoms with E-state index < -0.39 is 0 Å². The molecular weight excluding hydrogens is 412 g/mol. The molecule has 0 aliphatic carbocycles. The number of fused-ring (bicyclic) bond motifs is 1. The number of methoxy groups -OCH3 is 1. The monoisotopic (exact) mass is 434 g/mol. The van der Waals surface area contributed by atoms with Crippen LogP contribution in [-0.4, -0.2) is 60.7 Å². The number of nitrogens with zero attached hydrogens (tertiary/aromatic N) is 7. The number of likely N-dealkylation sites (tertiary alicyclic amines) is 1. The first-order valence-corrected chi connectivity index (χ1v) is 10.3. The maximum absolute atomic E-state index is 12.8. The molecule has 1 aliphatic rings. The van der Waals surface area contributed by atoms with Crippen LogP contribution >= 0.6 is 0 Å². The van der Waals surface area contributed by atoms with E-state index in [1.807, 2.05) is 29.2 Å². The Morgan fingerprint density at radius 1 is 1.22 bits per heavy atom. The number of carbonyl (C=O) groups is 1. The quantitative estimate of drug-likeness (QED) is 0.499. The van der Waals surface area contributed by atoms with Gasteiger partial charge in [0.2, 0.25) is 17.6 Å². The standard InChI is InChI=1S/C21H22N8O3/c1-31-15-5-3-2-4-14(15)19-26-21(32-27-19)13-6-8-28(9-7-13)16(30)10-29-12-25-17-18(22)23-11-24-20(17)29/h2-5,11-13H,6-10H2,1H3,(H2,22,23,24). The van der Waals surface area contributed by atoms with Crippen molar-refractivity contribution < 1.29 is 14.1 Å². The molecule has 32 heavy (non-hydrogen) atoms. The Kier molecular flexibility index (Phi) is 5.13. The molecule has 0 unspecified atom stereocenters. The molecule has 1 fully saturated rings. The number of anilines is 1. The second-order valence-electron chi connectivity index (χ2n) is 7.62. The number of amides is 1. The van der Waals surface area contributed by atoms with Crippen LogP contribution in [0.25, 0.3) is 22.6 Å². The third-order valence-electron chi connectivity index (χ3n) is 5.72. The van der Waals surface area contributed by atoms with Crippen LogP contribution in [0, 0.1) is 0 Å². The molecule has 0 bridgehead atoms. The molecule has 0 spiro atoms. The zero-order valence-corrected chi connectivity index (χ0v) is 17.5. The molecule has 0 atom stereocenters. The zero-order chi connectivity index (χ0) is 22.1. The van der Waals surface area contributed by atoms with Crippen molar-refractivity contribution in [2.75, 3.05) is 25.9 Å². The van der Waals surface area contributed by atoms with Gasteiger partial charge in [-0.25, -0.2) is 15.0 Å². The minimum atomic E-state index is 0.000161.